The number of rotatable bonds is 5. The van der Waals surface area contributed by atoms with Crippen molar-refractivity contribution < 1.29 is 19.7 Å². The number of nitrogens with two attached hydrogens (primary N) is 1. The topological polar surface area (TPSA) is 149 Å². The van der Waals surface area contributed by atoms with E-state index in [9.17, 15) is 15.0 Å². The van der Waals surface area contributed by atoms with Crippen LogP contribution in [0.3, 0.4) is 0 Å². The first-order chi connectivity index (χ1) is 11.1. The molecule has 4 atom stereocenters. The number of fused-ring (bicyclic) bond motifs is 1. The van der Waals surface area contributed by atoms with Crippen LogP contribution in [-0.2, 0) is 9.47 Å². The Labute approximate surface area is 130 Å². The van der Waals surface area contributed by atoms with E-state index >= 15 is 0 Å². The van der Waals surface area contributed by atoms with Crippen LogP contribution in [0.25, 0.3) is 11.2 Å². The number of nitrogens with one attached hydrogen (secondary N) is 1. The number of aliphatic hydroxyl groups excluding tert-OH is 2. The van der Waals surface area contributed by atoms with E-state index in [2.05, 4.69) is 21.5 Å². The number of aliphatic hydroxyl groups is 2. The molecule has 23 heavy (non-hydrogen) atoms. The Morgan fingerprint density at radius 3 is 3.09 bits per heavy atom. The molecule has 0 amide bonds. The van der Waals surface area contributed by atoms with Crippen molar-refractivity contribution in [1.29, 1.82) is 0 Å². The monoisotopic (exact) mass is 323 g/mol. The number of anilines is 1. The third kappa shape index (κ3) is 2.61. The standard InChI is InChI=1S/C13H17N5O5/c1-2-3-22-9-8(20)6(4-19)23-12(9)18-5-15-7-10(18)16-13(14)17-11(7)21/h2,5-6,8-9,12,19-20H,1,3-4H2,(H3,14,16,17,21)/t6-,8-,9-,12-/m1/s1. The lowest BCUT2D eigenvalue weighted by Gasteiger charge is -2.21. The third-order valence-corrected chi connectivity index (χ3v) is 3.62. The van der Waals surface area contributed by atoms with Crippen molar-refractivity contribution in [2.45, 2.75) is 24.5 Å². The lowest BCUT2D eigenvalue weighted by molar-refractivity contribution is -0.0645. The van der Waals surface area contributed by atoms with Gasteiger partial charge in [-0.15, -0.1) is 6.58 Å². The number of hydrogen-bond donors (Lipinski definition) is 4. The van der Waals surface area contributed by atoms with Gasteiger partial charge < -0.3 is 25.4 Å². The zero-order chi connectivity index (χ0) is 16.6. The summed E-state index contributed by atoms with van der Waals surface area (Å²) < 4.78 is 12.6. The molecule has 10 nitrogen and oxygen atoms in total. The highest BCUT2D eigenvalue weighted by molar-refractivity contribution is 5.70. The summed E-state index contributed by atoms with van der Waals surface area (Å²) in [6.07, 6.45) is -0.601. The molecule has 3 heterocycles. The van der Waals surface area contributed by atoms with E-state index in [4.69, 9.17) is 15.2 Å². The van der Waals surface area contributed by atoms with E-state index in [0.29, 0.717) is 0 Å². The minimum Gasteiger partial charge on any atom is -0.394 e. The van der Waals surface area contributed by atoms with Crippen molar-refractivity contribution in [1.82, 2.24) is 19.5 Å². The SMILES string of the molecule is C=CCO[C@@H]1[C@H](O)[C@@H](CO)O[C@H]1n1cnc2c(=O)[nH]c(N)nc21. The number of imidazole rings is 1. The van der Waals surface area contributed by atoms with Gasteiger partial charge in [-0.2, -0.15) is 4.98 Å². The van der Waals surface area contributed by atoms with Crippen LogP contribution in [0.15, 0.2) is 23.8 Å². The Bertz CT molecular complexity index is 772. The van der Waals surface area contributed by atoms with E-state index in [1.807, 2.05) is 0 Å². The van der Waals surface area contributed by atoms with E-state index in [1.165, 1.54) is 17.0 Å². The van der Waals surface area contributed by atoms with Gasteiger partial charge in [-0.3, -0.25) is 14.3 Å². The fourth-order valence-corrected chi connectivity index (χ4v) is 2.58. The number of ether oxygens (including phenoxy) is 2. The first-order valence-electron chi connectivity index (χ1n) is 6.96. The summed E-state index contributed by atoms with van der Waals surface area (Å²) in [5.74, 6) is -0.0648. The van der Waals surface area contributed by atoms with E-state index in [1.54, 1.807) is 0 Å². The summed E-state index contributed by atoms with van der Waals surface area (Å²) in [4.78, 5) is 22.2. The molecule has 0 aromatic carbocycles. The summed E-state index contributed by atoms with van der Waals surface area (Å²) >= 11 is 0. The molecule has 0 bridgehead atoms. The van der Waals surface area contributed by atoms with Crippen LogP contribution in [0.2, 0.25) is 0 Å². The van der Waals surface area contributed by atoms with E-state index in [0.717, 1.165) is 0 Å². The maximum absolute atomic E-state index is 11.8. The van der Waals surface area contributed by atoms with Gasteiger partial charge in [0.05, 0.1) is 19.5 Å². The second-order valence-electron chi connectivity index (χ2n) is 5.10. The first-order valence-corrected chi connectivity index (χ1v) is 6.96. The second kappa shape index (κ2) is 6.08. The van der Waals surface area contributed by atoms with Gasteiger partial charge in [0.1, 0.15) is 18.3 Å². The van der Waals surface area contributed by atoms with E-state index < -0.39 is 30.1 Å². The molecule has 0 spiro atoms. The molecule has 1 fully saturated rings. The molecular formula is C13H17N5O5. The van der Waals surface area contributed by atoms with Gasteiger partial charge >= 0.3 is 0 Å². The molecule has 3 rings (SSSR count). The van der Waals surface area contributed by atoms with Crippen molar-refractivity contribution >= 4 is 17.1 Å². The number of aromatic nitrogens is 4. The van der Waals surface area contributed by atoms with Crippen molar-refractivity contribution in [3.05, 3.63) is 29.3 Å². The molecule has 1 saturated heterocycles. The van der Waals surface area contributed by atoms with Gasteiger partial charge in [0.25, 0.3) is 5.56 Å². The van der Waals surface area contributed by atoms with Crippen LogP contribution in [0.4, 0.5) is 5.95 Å². The van der Waals surface area contributed by atoms with Crippen LogP contribution in [-0.4, -0.2) is 61.3 Å². The minimum absolute atomic E-state index is 0.0648. The average molecular weight is 323 g/mol. The number of H-pyrrole nitrogens is 1. The van der Waals surface area contributed by atoms with Gasteiger partial charge in [0, 0.05) is 0 Å². The van der Waals surface area contributed by atoms with Crippen LogP contribution in [0.5, 0.6) is 0 Å². The fourth-order valence-electron chi connectivity index (χ4n) is 2.58. The van der Waals surface area contributed by atoms with Crippen LogP contribution in [0, 0.1) is 0 Å². The number of nitrogen functional groups attached to an aromatic ring is 1. The summed E-state index contributed by atoms with van der Waals surface area (Å²) in [5, 5.41) is 19.6. The van der Waals surface area contributed by atoms with Crippen molar-refractivity contribution in [3.8, 4) is 0 Å². The van der Waals surface area contributed by atoms with Gasteiger partial charge in [-0.1, -0.05) is 6.08 Å². The Balaban J connectivity index is 2.05. The average Bonchev–Trinajstić information content (AvgIpc) is 3.06. The van der Waals surface area contributed by atoms with Gasteiger partial charge in [-0.05, 0) is 0 Å². The fraction of sp³-hybridized carbons (Fsp3) is 0.462. The quantitative estimate of drug-likeness (QED) is 0.487. The maximum atomic E-state index is 11.8. The molecule has 10 heteroatoms. The highest BCUT2D eigenvalue weighted by atomic mass is 16.6. The highest BCUT2D eigenvalue weighted by Gasteiger charge is 2.45. The highest BCUT2D eigenvalue weighted by Crippen LogP contribution is 2.33. The predicted octanol–water partition coefficient (Wildman–Crippen LogP) is -1.48. The Morgan fingerprint density at radius 2 is 2.39 bits per heavy atom. The Morgan fingerprint density at radius 1 is 1.61 bits per heavy atom. The molecule has 0 saturated carbocycles. The van der Waals surface area contributed by atoms with Crippen molar-refractivity contribution in [2.75, 3.05) is 18.9 Å². The van der Waals surface area contributed by atoms with Gasteiger partial charge in [0.15, 0.2) is 17.4 Å². The summed E-state index contributed by atoms with van der Waals surface area (Å²) in [6.45, 7) is 3.36. The van der Waals surface area contributed by atoms with Crippen LogP contribution >= 0.6 is 0 Å². The van der Waals surface area contributed by atoms with Crippen molar-refractivity contribution in [3.63, 3.8) is 0 Å². The predicted molar refractivity (Wildman–Crippen MR) is 79.5 cm³/mol. The number of aromatic amines is 1. The largest absolute Gasteiger partial charge is 0.394 e. The van der Waals surface area contributed by atoms with Crippen LogP contribution < -0.4 is 11.3 Å². The minimum atomic E-state index is -1.05. The first kappa shape index (κ1) is 15.6. The molecule has 0 unspecified atom stereocenters. The molecule has 124 valence electrons. The Hall–Kier alpha value is -2.27. The zero-order valence-corrected chi connectivity index (χ0v) is 12.1. The van der Waals surface area contributed by atoms with Crippen molar-refractivity contribution in [2.24, 2.45) is 0 Å². The smallest absolute Gasteiger partial charge is 0.280 e. The molecule has 2 aromatic heterocycles. The third-order valence-electron chi connectivity index (χ3n) is 3.62. The number of hydrogen-bond acceptors (Lipinski definition) is 8. The molecular weight excluding hydrogens is 306 g/mol. The zero-order valence-electron chi connectivity index (χ0n) is 12.1. The Kier molecular flexibility index (Phi) is 4.13. The molecule has 0 aliphatic carbocycles. The van der Waals surface area contributed by atoms with Crippen LogP contribution in [0.1, 0.15) is 6.23 Å². The summed E-state index contributed by atoms with van der Waals surface area (Å²) in [5.41, 5.74) is 5.38. The lowest BCUT2D eigenvalue weighted by atomic mass is 10.1. The van der Waals surface area contributed by atoms with Gasteiger partial charge in [0.2, 0.25) is 5.95 Å². The second-order valence-corrected chi connectivity index (χ2v) is 5.10. The lowest BCUT2D eigenvalue weighted by Crippen LogP contribution is -2.35. The number of nitrogens with zero attached hydrogens (tertiary/aromatic N) is 3. The molecule has 0 radical (unpaired) electrons. The molecule has 2 aromatic rings. The van der Waals surface area contributed by atoms with E-state index in [-0.39, 0.29) is 30.3 Å². The molecule has 1 aliphatic heterocycles. The normalized spacial score (nSPS) is 27.6. The summed E-state index contributed by atoms with van der Waals surface area (Å²) in [7, 11) is 0. The maximum Gasteiger partial charge on any atom is 0.280 e. The summed E-state index contributed by atoms with van der Waals surface area (Å²) in [6, 6.07) is 0. The molecule has 5 N–H and O–H groups in total. The van der Waals surface area contributed by atoms with Gasteiger partial charge in [-0.25, -0.2) is 4.98 Å². The molecule has 1 aliphatic rings.